The Labute approximate surface area is 179 Å². The number of carbonyl (C=O) groups excluding carboxylic acids is 1. The first kappa shape index (κ1) is 20.5. The molecule has 1 aromatic heterocycles. The van der Waals surface area contributed by atoms with E-state index in [-0.39, 0.29) is 23.9 Å². The number of benzene rings is 2. The average Bonchev–Trinajstić information content (AvgIpc) is 3.20. The molecular formula is C20H19ClN4O4S. The summed E-state index contributed by atoms with van der Waals surface area (Å²) in [5.74, 6) is 0.785. The summed E-state index contributed by atoms with van der Waals surface area (Å²) in [6.07, 6.45) is 0. The second-order valence-corrected chi connectivity index (χ2v) is 9.24. The number of hydrogen-bond acceptors (Lipinski definition) is 6. The molecule has 0 unspecified atom stereocenters. The van der Waals surface area contributed by atoms with Crippen molar-refractivity contribution in [1.82, 2.24) is 19.3 Å². The lowest BCUT2D eigenvalue weighted by Crippen LogP contribution is -2.50. The zero-order valence-corrected chi connectivity index (χ0v) is 17.7. The first-order chi connectivity index (χ1) is 14.3. The lowest BCUT2D eigenvalue weighted by molar-refractivity contribution is 0.0698. The topological polar surface area (TPSA) is 96.6 Å². The molecule has 2 aromatic carbocycles. The van der Waals surface area contributed by atoms with Gasteiger partial charge < -0.3 is 9.42 Å². The number of aryl methyl sites for hydroxylation is 1. The third-order valence-corrected chi connectivity index (χ3v) is 7.01. The molecule has 0 atom stereocenters. The van der Waals surface area contributed by atoms with Crippen LogP contribution >= 0.6 is 11.6 Å². The highest BCUT2D eigenvalue weighted by Crippen LogP contribution is 2.22. The van der Waals surface area contributed by atoms with Crippen molar-refractivity contribution in [2.24, 2.45) is 0 Å². The summed E-state index contributed by atoms with van der Waals surface area (Å²) in [6, 6.07) is 13.1. The minimum Gasteiger partial charge on any atom is -0.339 e. The Morgan fingerprint density at radius 2 is 1.77 bits per heavy atom. The molecule has 0 radical (unpaired) electrons. The van der Waals surface area contributed by atoms with Crippen LogP contribution < -0.4 is 0 Å². The van der Waals surface area contributed by atoms with Crippen molar-refractivity contribution in [2.45, 2.75) is 11.8 Å². The van der Waals surface area contributed by atoms with E-state index in [0.29, 0.717) is 35.4 Å². The van der Waals surface area contributed by atoms with Gasteiger partial charge in [-0.3, -0.25) is 4.79 Å². The maximum atomic E-state index is 12.8. The van der Waals surface area contributed by atoms with Crippen molar-refractivity contribution < 1.29 is 17.7 Å². The summed E-state index contributed by atoms with van der Waals surface area (Å²) < 4.78 is 32.0. The minimum absolute atomic E-state index is 0.148. The van der Waals surface area contributed by atoms with Crippen LogP contribution in [0.4, 0.5) is 0 Å². The summed E-state index contributed by atoms with van der Waals surface area (Å²) >= 11 is 5.92. The van der Waals surface area contributed by atoms with Gasteiger partial charge in [0.2, 0.25) is 21.7 Å². The summed E-state index contributed by atoms with van der Waals surface area (Å²) in [4.78, 5) is 18.8. The lowest BCUT2D eigenvalue weighted by atomic mass is 10.1. The van der Waals surface area contributed by atoms with E-state index in [4.69, 9.17) is 16.1 Å². The molecule has 1 amide bonds. The molecule has 0 spiro atoms. The molecular weight excluding hydrogens is 428 g/mol. The maximum absolute atomic E-state index is 12.8. The number of piperazine rings is 1. The van der Waals surface area contributed by atoms with Gasteiger partial charge in [-0.2, -0.15) is 9.29 Å². The molecule has 8 nitrogen and oxygen atoms in total. The van der Waals surface area contributed by atoms with Gasteiger partial charge in [-0.15, -0.1) is 0 Å². The second-order valence-electron chi connectivity index (χ2n) is 6.87. The SMILES string of the molecule is Cc1nc(-c2ccc(C(=O)N3CCN(S(=O)(=O)c4cccc(Cl)c4)CC3)cc2)no1. The number of rotatable bonds is 4. The monoisotopic (exact) mass is 446 g/mol. The number of sulfonamides is 1. The van der Waals surface area contributed by atoms with Crippen LogP contribution in [0.25, 0.3) is 11.4 Å². The van der Waals surface area contributed by atoms with Gasteiger partial charge in [-0.1, -0.05) is 35.0 Å². The second kappa shape index (κ2) is 8.17. The van der Waals surface area contributed by atoms with Crippen LogP contribution in [0, 0.1) is 6.92 Å². The van der Waals surface area contributed by atoms with Crippen LogP contribution in [0.15, 0.2) is 57.9 Å². The van der Waals surface area contributed by atoms with Gasteiger partial charge in [0.1, 0.15) is 0 Å². The number of carbonyl (C=O) groups is 1. The number of nitrogens with zero attached hydrogens (tertiary/aromatic N) is 4. The molecule has 0 aliphatic carbocycles. The third-order valence-electron chi connectivity index (χ3n) is 4.88. The predicted molar refractivity (Wildman–Crippen MR) is 111 cm³/mol. The highest BCUT2D eigenvalue weighted by Gasteiger charge is 2.30. The van der Waals surface area contributed by atoms with Crippen LogP contribution in [0.1, 0.15) is 16.2 Å². The number of hydrogen-bond donors (Lipinski definition) is 0. The molecule has 1 aliphatic rings. The standard InChI is InChI=1S/C20H19ClN4O4S/c1-14-22-19(23-29-14)15-5-7-16(8-6-15)20(26)24-9-11-25(12-10-24)30(27,28)18-4-2-3-17(21)13-18/h2-8,13H,9-12H2,1H3. The Morgan fingerprint density at radius 1 is 1.07 bits per heavy atom. The molecule has 0 N–H and O–H groups in total. The Morgan fingerprint density at radius 3 is 2.37 bits per heavy atom. The van der Waals surface area contributed by atoms with Gasteiger partial charge in [0.25, 0.3) is 5.91 Å². The smallest absolute Gasteiger partial charge is 0.253 e. The fourth-order valence-electron chi connectivity index (χ4n) is 3.27. The molecule has 30 heavy (non-hydrogen) atoms. The van der Waals surface area contributed by atoms with Gasteiger partial charge in [-0.05, 0) is 30.3 Å². The van der Waals surface area contributed by atoms with E-state index in [2.05, 4.69) is 10.1 Å². The Balaban J connectivity index is 1.42. The van der Waals surface area contributed by atoms with E-state index < -0.39 is 10.0 Å². The molecule has 4 rings (SSSR count). The zero-order chi connectivity index (χ0) is 21.3. The van der Waals surface area contributed by atoms with E-state index in [9.17, 15) is 13.2 Å². The summed E-state index contributed by atoms with van der Waals surface area (Å²) in [6.45, 7) is 2.77. The normalized spacial score (nSPS) is 15.3. The Kier molecular flexibility index (Phi) is 5.59. The van der Waals surface area contributed by atoms with Gasteiger partial charge in [-0.25, -0.2) is 8.42 Å². The quantitative estimate of drug-likeness (QED) is 0.611. The van der Waals surface area contributed by atoms with Gasteiger partial charge >= 0.3 is 0 Å². The van der Waals surface area contributed by atoms with Gasteiger partial charge in [0.15, 0.2) is 0 Å². The highest BCUT2D eigenvalue weighted by molar-refractivity contribution is 7.89. The summed E-state index contributed by atoms with van der Waals surface area (Å²) in [7, 11) is -3.64. The molecule has 0 bridgehead atoms. The number of aromatic nitrogens is 2. The third kappa shape index (κ3) is 4.09. The van der Waals surface area contributed by atoms with Gasteiger partial charge in [0, 0.05) is 49.3 Å². The molecule has 1 saturated heterocycles. The molecule has 1 fully saturated rings. The molecule has 0 saturated carbocycles. The van der Waals surface area contributed by atoms with Crippen LogP contribution in [0.3, 0.4) is 0 Å². The number of halogens is 1. The van der Waals surface area contributed by atoms with Crippen LogP contribution in [0.2, 0.25) is 5.02 Å². The van der Waals surface area contributed by atoms with E-state index in [0.717, 1.165) is 5.56 Å². The van der Waals surface area contributed by atoms with Crippen molar-refractivity contribution in [3.8, 4) is 11.4 Å². The van der Waals surface area contributed by atoms with E-state index in [1.807, 2.05) is 0 Å². The van der Waals surface area contributed by atoms with E-state index in [1.54, 1.807) is 48.2 Å². The fourth-order valence-corrected chi connectivity index (χ4v) is 4.99. The van der Waals surface area contributed by atoms with Crippen LogP contribution in [-0.4, -0.2) is 59.8 Å². The minimum atomic E-state index is -3.64. The summed E-state index contributed by atoms with van der Waals surface area (Å²) in [5, 5.41) is 4.23. The van der Waals surface area contributed by atoms with E-state index >= 15 is 0 Å². The molecule has 10 heteroatoms. The average molecular weight is 447 g/mol. The van der Waals surface area contributed by atoms with Crippen LogP contribution in [0.5, 0.6) is 0 Å². The maximum Gasteiger partial charge on any atom is 0.253 e. The summed E-state index contributed by atoms with van der Waals surface area (Å²) in [5.41, 5.74) is 1.27. The highest BCUT2D eigenvalue weighted by atomic mass is 35.5. The molecule has 2 heterocycles. The fraction of sp³-hybridized carbons (Fsp3) is 0.250. The number of amides is 1. The van der Waals surface area contributed by atoms with Crippen LogP contribution in [-0.2, 0) is 10.0 Å². The Hall–Kier alpha value is -2.75. The van der Waals surface area contributed by atoms with Crippen molar-refractivity contribution in [1.29, 1.82) is 0 Å². The van der Waals surface area contributed by atoms with E-state index in [1.165, 1.54) is 16.4 Å². The van der Waals surface area contributed by atoms with Gasteiger partial charge in [0.05, 0.1) is 4.90 Å². The lowest BCUT2D eigenvalue weighted by Gasteiger charge is -2.34. The van der Waals surface area contributed by atoms with Crippen molar-refractivity contribution >= 4 is 27.5 Å². The molecule has 3 aromatic rings. The van der Waals surface area contributed by atoms with Crippen molar-refractivity contribution in [3.05, 3.63) is 65.0 Å². The van der Waals surface area contributed by atoms with Crippen molar-refractivity contribution in [2.75, 3.05) is 26.2 Å². The molecule has 1 aliphatic heterocycles. The zero-order valence-electron chi connectivity index (χ0n) is 16.2. The molecule has 156 valence electrons. The largest absolute Gasteiger partial charge is 0.339 e. The van der Waals surface area contributed by atoms with Crippen molar-refractivity contribution in [3.63, 3.8) is 0 Å². The predicted octanol–water partition coefficient (Wildman–Crippen LogP) is 2.85. The first-order valence-electron chi connectivity index (χ1n) is 9.30. The Bertz CT molecular complexity index is 1170. The first-order valence-corrected chi connectivity index (χ1v) is 11.1.